The lowest BCUT2D eigenvalue weighted by molar-refractivity contribution is -0.120. The zero-order valence-electron chi connectivity index (χ0n) is 14.1. The van der Waals surface area contributed by atoms with Crippen LogP contribution in [0.15, 0.2) is 47.2 Å². The molecule has 1 aliphatic rings. The summed E-state index contributed by atoms with van der Waals surface area (Å²) in [6.07, 6.45) is 8.40. The number of pyridine rings is 1. The number of furan rings is 1. The topological polar surface area (TPSA) is 55.6 Å². The van der Waals surface area contributed by atoms with Gasteiger partial charge in [0, 0.05) is 19.7 Å². The maximum atomic E-state index is 12.9. The zero-order valence-corrected chi connectivity index (χ0v) is 14.1. The van der Waals surface area contributed by atoms with Crippen LogP contribution >= 0.6 is 0 Å². The molecule has 0 aliphatic heterocycles. The molecule has 5 heteroatoms. The van der Waals surface area contributed by atoms with E-state index < -0.39 is 0 Å². The van der Waals surface area contributed by atoms with Crippen LogP contribution in [0, 0.1) is 5.92 Å². The summed E-state index contributed by atoms with van der Waals surface area (Å²) in [5.41, 5.74) is 0. The van der Waals surface area contributed by atoms with Crippen LogP contribution in [-0.4, -0.2) is 24.1 Å². The minimum atomic E-state index is 0.0897. The van der Waals surface area contributed by atoms with E-state index in [1.807, 2.05) is 30.3 Å². The Morgan fingerprint density at radius 1 is 1.33 bits per heavy atom. The number of carbonyl (C=O) groups excluding carboxylic acids is 1. The fourth-order valence-corrected chi connectivity index (χ4v) is 3.37. The van der Waals surface area contributed by atoms with Gasteiger partial charge in [0.2, 0.25) is 5.91 Å². The highest BCUT2D eigenvalue weighted by Crippen LogP contribution is 2.29. The second-order valence-corrected chi connectivity index (χ2v) is 6.34. The molecule has 0 spiro atoms. The Morgan fingerprint density at radius 2 is 2.25 bits per heavy atom. The van der Waals surface area contributed by atoms with Crippen molar-refractivity contribution in [3.05, 3.63) is 48.6 Å². The maximum Gasteiger partial charge on any atom is 0.228 e. The van der Waals surface area contributed by atoms with Crippen molar-refractivity contribution < 1.29 is 13.9 Å². The number of aromatic nitrogens is 1. The third-order valence-electron chi connectivity index (χ3n) is 4.65. The van der Waals surface area contributed by atoms with Gasteiger partial charge in [0.1, 0.15) is 11.6 Å². The van der Waals surface area contributed by atoms with Gasteiger partial charge in [-0.15, -0.1) is 0 Å². The van der Waals surface area contributed by atoms with E-state index in [-0.39, 0.29) is 12.0 Å². The Kier molecular flexibility index (Phi) is 5.64. The number of ether oxygens (including phenoxy) is 1. The molecule has 0 N–H and O–H groups in total. The van der Waals surface area contributed by atoms with Gasteiger partial charge < -0.3 is 9.15 Å². The van der Waals surface area contributed by atoms with Crippen LogP contribution in [0.5, 0.6) is 0 Å². The lowest BCUT2D eigenvalue weighted by atomic mass is 9.84. The fraction of sp³-hybridized carbons (Fsp3) is 0.474. The maximum absolute atomic E-state index is 12.9. The molecule has 0 aromatic carbocycles. The largest absolute Gasteiger partial charge is 0.467 e. The Morgan fingerprint density at radius 3 is 2.96 bits per heavy atom. The lowest BCUT2D eigenvalue weighted by Crippen LogP contribution is -2.34. The van der Waals surface area contributed by atoms with Crippen LogP contribution in [0.25, 0.3) is 0 Å². The van der Waals surface area contributed by atoms with Crippen molar-refractivity contribution in [1.29, 1.82) is 0 Å². The minimum absolute atomic E-state index is 0.0897. The predicted octanol–water partition coefficient (Wildman–Crippen LogP) is 3.80. The molecule has 3 rings (SSSR count). The monoisotopic (exact) mass is 328 g/mol. The molecule has 2 heterocycles. The summed E-state index contributed by atoms with van der Waals surface area (Å²) in [6, 6.07) is 9.32. The number of rotatable bonds is 6. The van der Waals surface area contributed by atoms with E-state index in [9.17, 15) is 4.79 Å². The molecule has 2 aromatic rings. The van der Waals surface area contributed by atoms with Gasteiger partial charge in [-0.05, 0) is 49.4 Å². The molecular formula is C19H24N2O3. The van der Waals surface area contributed by atoms with Crippen LogP contribution in [0.1, 0.15) is 37.9 Å². The van der Waals surface area contributed by atoms with Crippen LogP contribution in [-0.2, 0) is 16.1 Å². The first-order valence-corrected chi connectivity index (χ1v) is 8.53. The summed E-state index contributed by atoms with van der Waals surface area (Å²) in [5, 5.41) is 0. The highest BCUT2D eigenvalue weighted by atomic mass is 16.5. The lowest BCUT2D eigenvalue weighted by Gasteiger charge is -2.29. The Labute approximate surface area is 142 Å². The molecule has 24 heavy (non-hydrogen) atoms. The SMILES string of the molecule is CO[C@@H]1CCC[C@H](CC(=O)N(Cc2ccco2)c2ccccn2)C1. The van der Waals surface area contributed by atoms with Crippen molar-refractivity contribution in [2.45, 2.75) is 44.8 Å². The highest BCUT2D eigenvalue weighted by molar-refractivity contribution is 5.92. The number of amides is 1. The van der Waals surface area contributed by atoms with Crippen LogP contribution in [0.2, 0.25) is 0 Å². The normalized spacial score (nSPS) is 20.7. The highest BCUT2D eigenvalue weighted by Gasteiger charge is 2.27. The van der Waals surface area contributed by atoms with Crippen molar-refractivity contribution in [3.8, 4) is 0 Å². The predicted molar refractivity (Wildman–Crippen MR) is 91.5 cm³/mol. The molecule has 1 saturated carbocycles. The summed E-state index contributed by atoms with van der Waals surface area (Å²) in [7, 11) is 1.76. The van der Waals surface area contributed by atoms with E-state index in [0.717, 1.165) is 31.4 Å². The number of nitrogens with zero attached hydrogens (tertiary/aromatic N) is 2. The van der Waals surface area contributed by atoms with Crippen molar-refractivity contribution in [3.63, 3.8) is 0 Å². The van der Waals surface area contributed by atoms with Gasteiger partial charge in [-0.1, -0.05) is 12.5 Å². The smallest absolute Gasteiger partial charge is 0.228 e. The first kappa shape index (κ1) is 16.7. The van der Waals surface area contributed by atoms with E-state index in [1.54, 1.807) is 24.5 Å². The second kappa shape index (κ2) is 8.11. The number of anilines is 1. The van der Waals surface area contributed by atoms with Crippen molar-refractivity contribution in [1.82, 2.24) is 4.98 Å². The molecule has 0 saturated heterocycles. The Bertz CT molecular complexity index is 627. The first-order valence-electron chi connectivity index (χ1n) is 8.53. The van der Waals surface area contributed by atoms with Gasteiger partial charge in [0.05, 0.1) is 18.9 Å². The van der Waals surface area contributed by atoms with E-state index >= 15 is 0 Å². The summed E-state index contributed by atoms with van der Waals surface area (Å²) < 4.78 is 10.9. The quantitative estimate of drug-likeness (QED) is 0.809. The van der Waals surface area contributed by atoms with Gasteiger partial charge in [0.15, 0.2) is 0 Å². The first-order chi connectivity index (χ1) is 11.8. The Hall–Kier alpha value is -2.14. The standard InChI is InChI=1S/C19H24N2O3/c1-23-16-7-4-6-15(12-16)13-19(22)21(14-17-8-5-11-24-17)18-9-2-3-10-20-18/h2-3,5,8-11,15-16H,4,6-7,12-14H2,1H3/t15-,16+/m0/s1. The van der Waals surface area contributed by atoms with E-state index in [0.29, 0.717) is 24.7 Å². The van der Waals surface area contributed by atoms with Crippen molar-refractivity contribution >= 4 is 11.7 Å². The molecule has 0 radical (unpaired) electrons. The van der Waals surface area contributed by atoms with Gasteiger partial charge in [0.25, 0.3) is 0 Å². The van der Waals surface area contributed by atoms with Gasteiger partial charge in [-0.2, -0.15) is 0 Å². The number of hydrogen-bond acceptors (Lipinski definition) is 4. The molecule has 128 valence electrons. The third kappa shape index (κ3) is 4.23. The molecular weight excluding hydrogens is 304 g/mol. The third-order valence-corrected chi connectivity index (χ3v) is 4.65. The average molecular weight is 328 g/mol. The molecule has 0 bridgehead atoms. The molecule has 1 aliphatic carbocycles. The van der Waals surface area contributed by atoms with Crippen LogP contribution < -0.4 is 4.90 Å². The van der Waals surface area contributed by atoms with Gasteiger partial charge >= 0.3 is 0 Å². The Balaban J connectivity index is 1.71. The van der Waals surface area contributed by atoms with Gasteiger partial charge in [-0.3, -0.25) is 9.69 Å². The second-order valence-electron chi connectivity index (χ2n) is 6.34. The van der Waals surface area contributed by atoms with Crippen molar-refractivity contribution in [2.75, 3.05) is 12.0 Å². The summed E-state index contributed by atoms with van der Waals surface area (Å²) in [5.74, 6) is 1.89. The zero-order chi connectivity index (χ0) is 16.8. The average Bonchev–Trinajstić information content (AvgIpc) is 3.14. The molecule has 1 fully saturated rings. The summed E-state index contributed by atoms with van der Waals surface area (Å²) >= 11 is 0. The van der Waals surface area contributed by atoms with E-state index in [2.05, 4.69) is 4.98 Å². The number of carbonyl (C=O) groups is 1. The molecule has 2 aromatic heterocycles. The molecule has 0 unspecified atom stereocenters. The molecule has 2 atom stereocenters. The van der Waals surface area contributed by atoms with Gasteiger partial charge in [-0.25, -0.2) is 4.98 Å². The molecule has 1 amide bonds. The number of hydrogen-bond donors (Lipinski definition) is 0. The van der Waals surface area contributed by atoms with Crippen molar-refractivity contribution in [2.24, 2.45) is 5.92 Å². The summed E-state index contributed by atoms with van der Waals surface area (Å²) in [4.78, 5) is 19.0. The number of methoxy groups -OCH3 is 1. The van der Waals surface area contributed by atoms with Crippen LogP contribution in [0.3, 0.4) is 0 Å². The van der Waals surface area contributed by atoms with E-state index in [4.69, 9.17) is 9.15 Å². The minimum Gasteiger partial charge on any atom is -0.467 e. The fourth-order valence-electron chi connectivity index (χ4n) is 3.37. The molecule has 5 nitrogen and oxygen atoms in total. The summed E-state index contributed by atoms with van der Waals surface area (Å²) in [6.45, 7) is 0.406. The van der Waals surface area contributed by atoms with E-state index in [1.165, 1.54) is 0 Å². The van der Waals surface area contributed by atoms with Crippen LogP contribution in [0.4, 0.5) is 5.82 Å².